The van der Waals surface area contributed by atoms with Crippen LogP contribution in [0.3, 0.4) is 0 Å². The van der Waals surface area contributed by atoms with E-state index in [0.29, 0.717) is 22.0 Å². The van der Waals surface area contributed by atoms with Crippen molar-refractivity contribution < 1.29 is 0 Å². The molecule has 0 saturated carbocycles. The molecule has 0 heterocycles. The molecular formula is C10H12Cl3N. The van der Waals surface area contributed by atoms with Gasteiger partial charge in [-0.3, -0.25) is 0 Å². The summed E-state index contributed by atoms with van der Waals surface area (Å²) in [5.74, 6) is 0.599. The minimum Gasteiger partial charge on any atom is -0.309 e. The number of hydrogen-bond donors (Lipinski definition) is 1. The van der Waals surface area contributed by atoms with Crippen molar-refractivity contribution in [3.63, 3.8) is 0 Å². The van der Waals surface area contributed by atoms with E-state index in [0.717, 1.165) is 12.1 Å². The highest BCUT2D eigenvalue weighted by atomic mass is 35.5. The maximum atomic E-state index is 5.88. The predicted molar refractivity (Wildman–Crippen MR) is 63.5 cm³/mol. The Bertz CT molecular complexity index is 301. The first-order chi connectivity index (χ1) is 6.63. The van der Waals surface area contributed by atoms with Crippen LogP contribution in [0, 0.1) is 0 Å². The van der Waals surface area contributed by atoms with Crippen LogP contribution in [0.2, 0.25) is 10.0 Å². The van der Waals surface area contributed by atoms with Gasteiger partial charge in [0.25, 0.3) is 0 Å². The van der Waals surface area contributed by atoms with Crippen molar-refractivity contribution in [3.8, 4) is 0 Å². The van der Waals surface area contributed by atoms with E-state index in [4.69, 9.17) is 34.8 Å². The summed E-state index contributed by atoms with van der Waals surface area (Å²) >= 11 is 17.3. The van der Waals surface area contributed by atoms with Gasteiger partial charge in [0.2, 0.25) is 0 Å². The van der Waals surface area contributed by atoms with Gasteiger partial charge >= 0.3 is 0 Å². The van der Waals surface area contributed by atoms with Gasteiger partial charge in [0.1, 0.15) is 0 Å². The molecule has 0 fully saturated rings. The van der Waals surface area contributed by atoms with Crippen molar-refractivity contribution in [1.29, 1.82) is 0 Å². The van der Waals surface area contributed by atoms with Gasteiger partial charge in [-0.05, 0) is 24.6 Å². The summed E-state index contributed by atoms with van der Waals surface area (Å²) in [6.45, 7) is 2.79. The molecule has 0 radical (unpaired) electrons. The second-order valence-electron chi connectivity index (χ2n) is 3.18. The normalized spacial score (nSPS) is 12.9. The molecule has 0 aliphatic heterocycles. The molecule has 0 aromatic heterocycles. The molecule has 0 bridgehead atoms. The van der Waals surface area contributed by atoms with Crippen molar-refractivity contribution in [2.45, 2.75) is 19.5 Å². The van der Waals surface area contributed by atoms with E-state index < -0.39 is 0 Å². The van der Waals surface area contributed by atoms with E-state index in [2.05, 4.69) is 5.32 Å². The Morgan fingerprint density at radius 2 is 2.00 bits per heavy atom. The molecule has 78 valence electrons. The van der Waals surface area contributed by atoms with E-state index in [1.54, 1.807) is 6.07 Å². The van der Waals surface area contributed by atoms with Crippen molar-refractivity contribution >= 4 is 34.8 Å². The minimum atomic E-state index is 0.297. The summed E-state index contributed by atoms with van der Waals surface area (Å²) in [5, 5.41) is 4.43. The number of benzene rings is 1. The van der Waals surface area contributed by atoms with Crippen molar-refractivity contribution in [2.75, 3.05) is 5.88 Å². The molecule has 0 spiro atoms. The Labute approximate surface area is 99.4 Å². The molecule has 14 heavy (non-hydrogen) atoms. The fourth-order valence-corrected chi connectivity index (χ4v) is 1.43. The first kappa shape index (κ1) is 12.1. The summed E-state index contributed by atoms with van der Waals surface area (Å²) in [5.41, 5.74) is 1.11. The highest BCUT2D eigenvalue weighted by Gasteiger charge is 2.01. The zero-order valence-corrected chi connectivity index (χ0v) is 10.1. The third-order valence-corrected chi connectivity index (χ3v) is 3.07. The van der Waals surface area contributed by atoms with Crippen LogP contribution in [-0.4, -0.2) is 11.9 Å². The van der Waals surface area contributed by atoms with Crippen LogP contribution in [0.1, 0.15) is 12.5 Å². The van der Waals surface area contributed by atoms with Crippen LogP contribution in [0.15, 0.2) is 18.2 Å². The Morgan fingerprint density at radius 3 is 2.57 bits per heavy atom. The molecule has 1 aromatic carbocycles. The van der Waals surface area contributed by atoms with Gasteiger partial charge in [0.15, 0.2) is 0 Å². The average Bonchev–Trinajstić information content (AvgIpc) is 2.19. The lowest BCUT2D eigenvalue weighted by Gasteiger charge is -2.10. The SMILES string of the molecule is CC(CCl)NCc1ccc(Cl)c(Cl)c1. The molecule has 1 N–H and O–H groups in total. The lowest BCUT2D eigenvalue weighted by Crippen LogP contribution is -2.26. The van der Waals surface area contributed by atoms with Crippen LogP contribution in [0.5, 0.6) is 0 Å². The zero-order valence-electron chi connectivity index (χ0n) is 7.86. The third-order valence-electron chi connectivity index (χ3n) is 1.87. The summed E-state index contributed by atoms with van der Waals surface area (Å²) in [6.07, 6.45) is 0. The second kappa shape index (κ2) is 5.82. The molecule has 1 aromatic rings. The Hall–Kier alpha value is 0.0500. The molecule has 1 rings (SSSR count). The van der Waals surface area contributed by atoms with Gasteiger partial charge in [-0.15, -0.1) is 11.6 Å². The van der Waals surface area contributed by atoms with E-state index >= 15 is 0 Å². The first-order valence-electron chi connectivity index (χ1n) is 4.36. The quantitative estimate of drug-likeness (QED) is 0.806. The van der Waals surface area contributed by atoms with Gasteiger partial charge in [-0.2, -0.15) is 0 Å². The van der Waals surface area contributed by atoms with Crippen LogP contribution < -0.4 is 5.32 Å². The largest absolute Gasteiger partial charge is 0.309 e. The maximum absolute atomic E-state index is 5.88. The Morgan fingerprint density at radius 1 is 1.29 bits per heavy atom. The Kier molecular flexibility index (Phi) is 5.04. The monoisotopic (exact) mass is 251 g/mol. The molecule has 0 aliphatic rings. The van der Waals surface area contributed by atoms with Crippen LogP contribution in [-0.2, 0) is 6.54 Å². The molecular weight excluding hydrogens is 240 g/mol. The molecule has 1 unspecified atom stereocenters. The zero-order chi connectivity index (χ0) is 10.6. The summed E-state index contributed by atoms with van der Waals surface area (Å²) in [6, 6.07) is 5.90. The highest BCUT2D eigenvalue weighted by Crippen LogP contribution is 2.22. The van der Waals surface area contributed by atoms with Gasteiger partial charge in [-0.25, -0.2) is 0 Å². The third kappa shape index (κ3) is 3.66. The van der Waals surface area contributed by atoms with Crippen molar-refractivity contribution in [3.05, 3.63) is 33.8 Å². The standard InChI is InChI=1S/C10H12Cl3N/c1-7(5-11)14-6-8-2-3-9(12)10(13)4-8/h2-4,7,14H,5-6H2,1H3. The molecule has 1 nitrogen and oxygen atoms in total. The number of halogens is 3. The van der Waals surface area contributed by atoms with Crippen LogP contribution in [0.4, 0.5) is 0 Å². The lowest BCUT2D eigenvalue weighted by molar-refractivity contribution is 0.593. The van der Waals surface area contributed by atoms with E-state index in [1.807, 2.05) is 19.1 Å². The van der Waals surface area contributed by atoms with Gasteiger partial charge in [-0.1, -0.05) is 29.3 Å². The van der Waals surface area contributed by atoms with Gasteiger partial charge in [0, 0.05) is 18.5 Å². The highest BCUT2D eigenvalue weighted by molar-refractivity contribution is 6.42. The topological polar surface area (TPSA) is 12.0 Å². The minimum absolute atomic E-state index is 0.297. The number of alkyl halides is 1. The molecule has 4 heteroatoms. The molecule has 1 atom stereocenters. The first-order valence-corrected chi connectivity index (χ1v) is 5.66. The van der Waals surface area contributed by atoms with Gasteiger partial charge in [0.05, 0.1) is 10.0 Å². The van der Waals surface area contributed by atoms with Crippen molar-refractivity contribution in [1.82, 2.24) is 5.32 Å². The Balaban J connectivity index is 2.55. The predicted octanol–water partition coefficient (Wildman–Crippen LogP) is 3.71. The molecule has 0 amide bonds. The van der Waals surface area contributed by atoms with Gasteiger partial charge < -0.3 is 5.32 Å². The smallest absolute Gasteiger partial charge is 0.0595 e. The fourth-order valence-electron chi connectivity index (χ4n) is 0.996. The number of nitrogens with one attached hydrogen (secondary N) is 1. The maximum Gasteiger partial charge on any atom is 0.0595 e. The average molecular weight is 253 g/mol. The van der Waals surface area contributed by atoms with Crippen LogP contribution in [0.25, 0.3) is 0 Å². The molecule has 0 saturated heterocycles. The molecule has 0 aliphatic carbocycles. The lowest BCUT2D eigenvalue weighted by atomic mass is 10.2. The van der Waals surface area contributed by atoms with Crippen LogP contribution >= 0.6 is 34.8 Å². The summed E-state index contributed by atoms with van der Waals surface area (Å²) < 4.78 is 0. The van der Waals surface area contributed by atoms with Crippen molar-refractivity contribution in [2.24, 2.45) is 0 Å². The second-order valence-corrected chi connectivity index (χ2v) is 4.31. The summed E-state index contributed by atoms with van der Waals surface area (Å²) in [7, 11) is 0. The van der Waals surface area contributed by atoms with E-state index in [-0.39, 0.29) is 0 Å². The van der Waals surface area contributed by atoms with E-state index in [9.17, 15) is 0 Å². The van der Waals surface area contributed by atoms with E-state index in [1.165, 1.54) is 0 Å². The number of rotatable bonds is 4. The number of hydrogen-bond acceptors (Lipinski definition) is 1. The fraction of sp³-hybridized carbons (Fsp3) is 0.400. The summed E-state index contributed by atoms with van der Waals surface area (Å²) in [4.78, 5) is 0.